The third-order valence-electron chi connectivity index (χ3n) is 4.79. The minimum absolute atomic E-state index is 0.0977. The van der Waals surface area contributed by atoms with Gasteiger partial charge in [0.25, 0.3) is 5.91 Å². The fourth-order valence-corrected chi connectivity index (χ4v) is 3.87. The highest BCUT2D eigenvalue weighted by atomic mass is 35.5. The molecule has 0 aliphatic rings. The van der Waals surface area contributed by atoms with Crippen molar-refractivity contribution in [1.82, 2.24) is 14.9 Å². The number of amides is 1. The number of nitrogens with one attached hydrogen (secondary N) is 1. The minimum Gasteiger partial charge on any atom is -0.462 e. The Hall–Kier alpha value is -3.62. The van der Waals surface area contributed by atoms with Crippen molar-refractivity contribution in [2.24, 2.45) is 0 Å². The monoisotopic (exact) mass is 484 g/mol. The van der Waals surface area contributed by atoms with Gasteiger partial charge in [0, 0.05) is 5.56 Å². The van der Waals surface area contributed by atoms with Crippen LogP contribution in [0.4, 0.5) is 5.82 Å². The number of halogens is 2. The van der Waals surface area contributed by atoms with E-state index in [0.717, 1.165) is 0 Å². The number of rotatable bonds is 6. The van der Waals surface area contributed by atoms with Gasteiger partial charge < -0.3 is 14.6 Å². The van der Waals surface area contributed by atoms with Crippen molar-refractivity contribution in [3.05, 3.63) is 81.7 Å². The zero-order valence-electron chi connectivity index (χ0n) is 17.6. The SMILES string of the molecule is CCOC(=O)c1cnn(-c2ccccc2)c1NC(=O)c1c(-c2c(Cl)cccc2Cl)noc1C. The Balaban J connectivity index is 1.80. The van der Waals surface area contributed by atoms with Gasteiger partial charge in [0.15, 0.2) is 5.82 Å². The number of benzene rings is 2. The first-order valence-electron chi connectivity index (χ1n) is 9.95. The van der Waals surface area contributed by atoms with E-state index in [9.17, 15) is 9.59 Å². The third kappa shape index (κ3) is 4.35. The molecule has 0 atom stereocenters. The molecule has 1 amide bonds. The van der Waals surface area contributed by atoms with E-state index in [4.69, 9.17) is 32.5 Å². The van der Waals surface area contributed by atoms with Crippen LogP contribution < -0.4 is 5.32 Å². The van der Waals surface area contributed by atoms with E-state index < -0.39 is 11.9 Å². The Morgan fingerprint density at radius 2 is 1.79 bits per heavy atom. The summed E-state index contributed by atoms with van der Waals surface area (Å²) in [7, 11) is 0. The molecule has 0 spiro atoms. The summed E-state index contributed by atoms with van der Waals surface area (Å²) in [6.07, 6.45) is 1.34. The summed E-state index contributed by atoms with van der Waals surface area (Å²) in [5.74, 6) is -0.808. The molecule has 2 heterocycles. The molecule has 33 heavy (non-hydrogen) atoms. The predicted molar refractivity (Wildman–Crippen MR) is 124 cm³/mol. The van der Waals surface area contributed by atoms with Crippen molar-refractivity contribution in [2.45, 2.75) is 13.8 Å². The van der Waals surface area contributed by atoms with Crippen LogP contribution in [0.15, 0.2) is 59.3 Å². The van der Waals surface area contributed by atoms with Crippen molar-refractivity contribution in [3.63, 3.8) is 0 Å². The molecule has 4 aromatic rings. The van der Waals surface area contributed by atoms with Gasteiger partial charge in [0.2, 0.25) is 0 Å². The second kappa shape index (κ2) is 9.48. The molecule has 0 saturated carbocycles. The number of carbonyl (C=O) groups is 2. The van der Waals surface area contributed by atoms with Crippen molar-refractivity contribution >= 4 is 40.9 Å². The van der Waals surface area contributed by atoms with E-state index in [1.165, 1.54) is 10.9 Å². The molecule has 0 radical (unpaired) electrons. The molecular formula is C23H18Cl2N4O4. The standard InChI is InChI=1S/C23H18Cl2N4O4/c1-3-32-23(31)15-12-26-29(14-8-5-4-6-9-14)21(15)27-22(30)18-13(2)33-28-20(18)19-16(24)10-7-11-17(19)25/h4-12H,3H2,1-2H3,(H,27,30). The second-order valence-electron chi connectivity index (χ2n) is 6.89. The number of hydrogen-bond acceptors (Lipinski definition) is 6. The number of anilines is 1. The Labute approximate surface area is 199 Å². The lowest BCUT2D eigenvalue weighted by Crippen LogP contribution is -2.19. The van der Waals surface area contributed by atoms with Gasteiger partial charge in [-0.2, -0.15) is 5.10 Å². The van der Waals surface area contributed by atoms with Crippen molar-refractivity contribution in [1.29, 1.82) is 0 Å². The van der Waals surface area contributed by atoms with Gasteiger partial charge in [-0.05, 0) is 38.1 Å². The first-order chi connectivity index (χ1) is 15.9. The molecular weight excluding hydrogens is 467 g/mol. The van der Waals surface area contributed by atoms with Crippen LogP contribution in [0.25, 0.3) is 16.9 Å². The zero-order chi connectivity index (χ0) is 23.5. The van der Waals surface area contributed by atoms with Crippen molar-refractivity contribution in [2.75, 3.05) is 11.9 Å². The average Bonchev–Trinajstić information content (AvgIpc) is 3.38. The number of aryl methyl sites for hydroxylation is 1. The topological polar surface area (TPSA) is 99.2 Å². The molecule has 0 aliphatic heterocycles. The summed E-state index contributed by atoms with van der Waals surface area (Å²) in [5.41, 5.74) is 1.41. The van der Waals surface area contributed by atoms with Crippen LogP contribution in [0, 0.1) is 6.92 Å². The van der Waals surface area contributed by atoms with Gasteiger partial charge in [-0.3, -0.25) is 4.79 Å². The Morgan fingerprint density at radius 3 is 2.45 bits per heavy atom. The summed E-state index contributed by atoms with van der Waals surface area (Å²) in [4.78, 5) is 26.0. The lowest BCUT2D eigenvalue weighted by atomic mass is 10.1. The van der Waals surface area contributed by atoms with E-state index in [0.29, 0.717) is 21.3 Å². The molecule has 4 rings (SSSR count). The Morgan fingerprint density at radius 1 is 1.09 bits per heavy atom. The second-order valence-corrected chi connectivity index (χ2v) is 7.70. The normalized spacial score (nSPS) is 10.8. The Bertz CT molecular complexity index is 1310. The first kappa shape index (κ1) is 22.6. The predicted octanol–water partition coefficient (Wildman–Crippen LogP) is 5.57. The largest absolute Gasteiger partial charge is 0.462 e. The number of aromatic nitrogens is 3. The van der Waals surface area contributed by atoms with Gasteiger partial charge in [0.05, 0.1) is 28.5 Å². The van der Waals surface area contributed by atoms with E-state index in [1.807, 2.05) is 18.2 Å². The number of nitrogens with zero attached hydrogens (tertiary/aromatic N) is 3. The highest BCUT2D eigenvalue weighted by Crippen LogP contribution is 2.37. The lowest BCUT2D eigenvalue weighted by Gasteiger charge is -2.12. The van der Waals surface area contributed by atoms with E-state index in [1.54, 1.807) is 44.2 Å². The highest BCUT2D eigenvalue weighted by molar-refractivity contribution is 6.39. The summed E-state index contributed by atoms with van der Waals surface area (Å²) in [5, 5.41) is 11.7. The zero-order valence-corrected chi connectivity index (χ0v) is 19.1. The number of esters is 1. The van der Waals surface area contributed by atoms with Crippen LogP contribution in [-0.2, 0) is 4.74 Å². The molecule has 2 aromatic carbocycles. The van der Waals surface area contributed by atoms with Crippen LogP contribution in [0.3, 0.4) is 0 Å². The maximum atomic E-state index is 13.4. The van der Waals surface area contributed by atoms with Gasteiger partial charge in [-0.25, -0.2) is 9.48 Å². The van der Waals surface area contributed by atoms with Gasteiger partial charge in [0.1, 0.15) is 22.6 Å². The molecule has 0 unspecified atom stereocenters. The van der Waals surface area contributed by atoms with E-state index in [2.05, 4.69) is 15.6 Å². The van der Waals surface area contributed by atoms with Crippen LogP contribution >= 0.6 is 23.2 Å². The lowest BCUT2D eigenvalue weighted by molar-refractivity contribution is 0.0527. The summed E-state index contributed by atoms with van der Waals surface area (Å²) in [6.45, 7) is 3.46. The van der Waals surface area contributed by atoms with Crippen LogP contribution in [0.2, 0.25) is 10.0 Å². The summed E-state index contributed by atoms with van der Waals surface area (Å²) in [6, 6.07) is 14.0. The molecule has 10 heteroatoms. The van der Waals surface area contributed by atoms with E-state index in [-0.39, 0.29) is 35.0 Å². The average molecular weight is 485 g/mol. The fraction of sp³-hybridized carbons (Fsp3) is 0.130. The number of hydrogen-bond donors (Lipinski definition) is 1. The fourth-order valence-electron chi connectivity index (χ4n) is 3.30. The van der Waals surface area contributed by atoms with Crippen molar-refractivity contribution < 1.29 is 18.8 Å². The minimum atomic E-state index is -0.619. The molecule has 168 valence electrons. The highest BCUT2D eigenvalue weighted by Gasteiger charge is 2.28. The third-order valence-corrected chi connectivity index (χ3v) is 5.42. The molecule has 0 fully saturated rings. The van der Waals surface area contributed by atoms with E-state index >= 15 is 0 Å². The molecule has 0 saturated heterocycles. The molecule has 0 bridgehead atoms. The maximum absolute atomic E-state index is 13.4. The number of para-hydroxylation sites is 1. The van der Waals surface area contributed by atoms with Crippen LogP contribution in [0.5, 0.6) is 0 Å². The van der Waals surface area contributed by atoms with Crippen LogP contribution in [0.1, 0.15) is 33.4 Å². The van der Waals surface area contributed by atoms with Crippen LogP contribution in [-0.4, -0.2) is 33.4 Å². The smallest absolute Gasteiger partial charge is 0.343 e. The van der Waals surface area contributed by atoms with Crippen molar-refractivity contribution in [3.8, 4) is 16.9 Å². The van der Waals surface area contributed by atoms with Gasteiger partial charge >= 0.3 is 5.97 Å². The quantitative estimate of drug-likeness (QED) is 0.359. The number of carbonyl (C=O) groups excluding carboxylic acids is 2. The molecule has 1 N–H and O–H groups in total. The summed E-state index contributed by atoms with van der Waals surface area (Å²) < 4.78 is 11.9. The molecule has 2 aromatic heterocycles. The van der Waals surface area contributed by atoms with Gasteiger partial charge in [-0.1, -0.05) is 52.6 Å². The van der Waals surface area contributed by atoms with Gasteiger partial charge in [-0.15, -0.1) is 0 Å². The number of ether oxygens (including phenoxy) is 1. The summed E-state index contributed by atoms with van der Waals surface area (Å²) >= 11 is 12.7. The maximum Gasteiger partial charge on any atom is 0.343 e. The molecule has 0 aliphatic carbocycles. The molecule has 8 nitrogen and oxygen atoms in total. The Kier molecular flexibility index (Phi) is 6.48. The first-order valence-corrected chi connectivity index (χ1v) is 10.7.